The summed E-state index contributed by atoms with van der Waals surface area (Å²) < 4.78 is 17.3. The van der Waals surface area contributed by atoms with Crippen molar-refractivity contribution in [2.24, 2.45) is 0 Å². The largest absolute Gasteiger partial charge is 0.497 e. The number of hydrogen-bond acceptors (Lipinski definition) is 2. The van der Waals surface area contributed by atoms with Crippen LogP contribution >= 0.6 is 11.6 Å². The standard InChI is InChI=1S/C15H15ClO2S/c1-18-15-4-2-3-13(9-15)11-19(17)10-12-5-7-14(16)8-6-12/h2-9H,10-11H2,1H3/t19-/m0/s1. The summed E-state index contributed by atoms with van der Waals surface area (Å²) >= 11 is 5.82. The molecule has 2 rings (SSSR count). The molecular formula is C15H15ClO2S. The Hall–Kier alpha value is -1.32. The number of hydrogen-bond donors (Lipinski definition) is 0. The van der Waals surface area contributed by atoms with Crippen molar-refractivity contribution in [3.05, 3.63) is 64.7 Å². The van der Waals surface area contributed by atoms with Crippen molar-refractivity contribution >= 4 is 22.4 Å². The van der Waals surface area contributed by atoms with Gasteiger partial charge >= 0.3 is 0 Å². The van der Waals surface area contributed by atoms with Crippen molar-refractivity contribution in [2.75, 3.05) is 7.11 Å². The van der Waals surface area contributed by atoms with Gasteiger partial charge in [0.2, 0.25) is 0 Å². The molecule has 0 saturated carbocycles. The Morgan fingerprint density at radius 1 is 1.05 bits per heavy atom. The Bertz CT molecular complexity index is 567. The Balaban J connectivity index is 1.99. The molecule has 0 aromatic heterocycles. The first kappa shape index (κ1) is 14.1. The van der Waals surface area contributed by atoms with Crippen LogP contribution in [0.4, 0.5) is 0 Å². The van der Waals surface area contributed by atoms with Crippen LogP contribution in [0.15, 0.2) is 48.5 Å². The third-order valence-corrected chi connectivity index (χ3v) is 4.27. The molecule has 0 unspecified atom stereocenters. The van der Waals surface area contributed by atoms with Crippen LogP contribution in [0.3, 0.4) is 0 Å². The normalized spacial score (nSPS) is 12.1. The number of methoxy groups -OCH3 is 1. The second-order valence-corrected chi connectivity index (χ2v) is 6.10. The van der Waals surface area contributed by atoms with E-state index in [0.29, 0.717) is 16.5 Å². The topological polar surface area (TPSA) is 26.3 Å². The van der Waals surface area contributed by atoms with Crippen molar-refractivity contribution in [2.45, 2.75) is 11.5 Å². The smallest absolute Gasteiger partial charge is 0.119 e. The fraction of sp³-hybridized carbons (Fsp3) is 0.200. The average molecular weight is 295 g/mol. The maximum Gasteiger partial charge on any atom is 0.119 e. The molecule has 1 atom stereocenters. The van der Waals surface area contributed by atoms with Gasteiger partial charge in [-0.15, -0.1) is 0 Å². The maximum absolute atomic E-state index is 12.1. The second-order valence-electron chi connectivity index (χ2n) is 4.21. The first-order chi connectivity index (χ1) is 9.17. The van der Waals surface area contributed by atoms with E-state index in [0.717, 1.165) is 16.9 Å². The summed E-state index contributed by atoms with van der Waals surface area (Å²) in [4.78, 5) is 0. The van der Waals surface area contributed by atoms with E-state index in [4.69, 9.17) is 16.3 Å². The zero-order chi connectivity index (χ0) is 13.7. The van der Waals surface area contributed by atoms with E-state index in [9.17, 15) is 4.21 Å². The van der Waals surface area contributed by atoms with Crippen LogP contribution in [0, 0.1) is 0 Å². The molecule has 0 bridgehead atoms. The van der Waals surface area contributed by atoms with Gasteiger partial charge in [0.25, 0.3) is 0 Å². The molecule has 19 heavy (non-hydrogen) atoms. The highest BCUT2D eigenvalue weighted by molar-refractivity contribution is 7.83. The molecule has 2 aromatic rings. The van der Waals surface area contributed by atoms with E-state index in [1.807, 2.05) is 48.5 Å². The lowest BCUT2D eigenvalue weighted by Crippen LogP contribution is -1.99. The minimum atomic E-state index is -0.937. The monoisotopic (exact) mass is 294 g/mol. The maximum atomic E-state index is 12.1. The highest BCUT2D eigenvalue weighted by atomic mass is 35.5. The van der Waals surface area contributed by atoms with Crippen LogP contribution in [-0.2, 0) is 22.3 Å². The molecule has 0 spiro atoms. The number of rotatable bonds is 5. The Morgan fingerprint density at radius 2 is 1.74 bits per heavy atom. The molecule has 2 aromatic carbocycles. The van der Waals surface area contributed by atoms with E-state index in [-0.39, 0.29) is 0 Å². The van der Waals surface area contributed by atoms with Gasteiger partial charge in [-0.2, -0.15) is 0 Å². The average Bonchev–Trinajstić information content (AvgIpc) is 2.41. The molecule has 0 heterocycles. The Kier molecular flexibility index (Phi) is 5.00. The Morgan fingerprint density at radius 3 is 2.42 bits per heavy atom. The zero-order valence-electron chi connectivity index (χ0n) is 10.6. The SMILES string of the molecule is COc1cccc(C[S@@](=O)Cc2ccc(Cl)cc2)c1. The molecule has 0 amide bonds. The lowest BCUT2D eigenvalue weighted by Gasteiger charge is -2.05. The van der Waals surface area contributed by atoms with Crippen LogP contribution in [-0.4, -0.2) is 11.3 Å². The lowest BCUT2D eigenvalue weighted by molar-refractivity contribution is 0.414. The fourth-order valence-corrected chi connectivity index (χ4v) is 3.11. The number of halogens is 1. The van der Waals surface area contributed by atoms with Crippen molar-refractivity contribution in [3.8, 4) is 5.75 Å². The number of benzene rings is 2. The molecular weight excluding hydrogens is 280 g/mol. The third-order valence-electron chi connectivity index (χ3n) is 2.70. The summed E-state index contributed by atoms with van der Waals surface area (Å²) in [7, 11) is 0.691. The van der Waals surface area contributed by atoms with Crippen LogP contribution in [0.5, 0.6) is 5.75 Å². The predicted octanol–water partition coefficient (Wildman–Crippen LogP) is 3.80. The van der Waals surface area contributed by atoms with E-state index >= 15 is 0 Å². The van der Waals surface area contributed by atoms with E-state index in [1.165, 1.54) is 0 Å². The summed E-state index contributed by atoms with van der Waals surface area (Å²) in [6.45, 7) is 0. The van der Waals surface area contributed by atoms with Crippen LogP contribution < -0.4 is 4.74 Å². The second kappa shape index (κ2) is 6.73. The minimum Gasteiger partial charge on any atom is -0.497 e. The van der Waals surface area contributed by atoms with Crippen LogP contribution in [0.2, 0.25) is 5.02 Å². The molecule has 0 aliphatic carbocycles. The zero-order valence-corrected chi connectivity index (χ0v) is 12.2. The molecule has 100 valence electrons. The first-order valence-corrected chi connectivity index (χ1v) is 7.76. The van der Waals surface area contributed by atoms with Crippen molar-refractivity contribution in [3.63, 3.8) is 0 Å². The van der Waals surface area contributed by atoms with E-state index in [1.54, 1.807) is 7.11 Å². The van der Waals surface area contributed by atoms with Gasteiger partial charge in [0, 0.05) is 27.3 Å². The van der Waals surface area contributed by atoms with Gasteiger partial charge < -0.3 is 4.74 Å². The van der Waals surface area contributed by atoms with Gasteiger partial charge in [-0.3, -0.25) is 4.21 Å². The molecule has 0 aliphatic rings. The van der Waals surface area contributed by atoms with Crippen molar-refractivity contribution in [1.29, 1.82) is 0 Å². The van der Waals surface area contributed by atoms with Gasteiger partial charge in [-0.25, -0.2) is 0 Å². The predicted molar refractivity (Wildman–Crippen MR) is 80.0 cm³/mol. The van der Waals surface area contributed by atoms with Gasteiger partial charge in [0.05, 0.1) is 7.11 Å². The fourth-order valence-electron chi connectivity index (χ4n) is 1.77. The summed E-state index contributed by atoms with van der Waals surface area (Å²) in [6, 6.07) is 15.1. The summed E-state index contributed by atoms with van der Waals surface area (Å²) in [6.07, 6.45) is 0. The highest BCUT2D eigenvalue weighted by Gasteiger charge is 2.04. The molecule has 0 N–H and O–H groups in total. The summed E-state index contributed by atoms with van der Waals surface area (Å²) in [5, 5.41) is 0.697. The van der Waals surface area contributed by atoms with Crippen molar-refractivity contribution in [1.82, 2.24) is 0 Å². The van der Waals surface area contributed by atoms with Gasteiger partial charge in [-0.05, 0) is 35.4 Å². The Labute approximate surface area is 120 Å². The first-order valence-electron chi connectivity index (χ1n) is 5.90. The van der Waals surface area contributed by atoms with Crippen molar-refractivity contribution < 1.29 is 8.95 Å². The van der Waals surface area contributed by atoms with E-state index in [2.05, 4.69) is 0 Å². The van der Waals surface area contributed by atoms with Crippen LogP contribution in [0.25, 0.3) is 0 Å². The molecule has 2 nitrogen and oxygen atoms in total. The highest BCUT2D eigenvalue weighted by Crippen LogP contribution is 2.16. The number of ether oxygens (including phenoxy) is 1. The van der Waals surface area contributed by atoms with Gasteiger partial charge in [0.1, 0.15) is 5.75 Å². The van der Waals surface area contributed by atoms with Gasteiger partial charge in [-0.1, -0.05) is 35.9 Å². The minimum absolute atomic E-state index is 0.528. The van der Waals surface area contributed by atoms with Gasteiger partial charge in [0.15, 0.2) is 0 Å². The summed E-state index contributed by atoms with van der Waals surface area (Å²) in [5.41, 5.74) is 2.05. The van der Waals surface area contributed by atoms with E-state index < -0.39 is 10.8 Å². The molecule has 0 radical (unpaired) electrons. The molecule has 0 fully saturated rings. The molecule has 0 aliphatic heterocycles. The van der Waals surface area contributed by atoms with Crippen LogP contribution in [0.1, 0.15) is 11.1 Å². The summed E-state index contributed by atoms with van der Waals surface area (Å²) in [5.74, 6) is 1.86. The lowest BCUT2D eigenvalue weighted by atomic mass is 10.2. The molecule has 0 saturated heterocycles. The third kappa shape index (κ3) is 4.37. The quantitative estimate of drug-likeness (QED) is 0.838. The molecule has 4 heteroatoms.